The van der Waals surface area contributed by atoms with E-state index in [1.165, 1.54) is 0 Å². The molecule has 6 N–H and O–H groups in total. The minimum absolute atomic E-state index is 0.334. The summed E-state index contributed by atoms with van der Waals surface area (Å²) in [5, 5.41) is 14.4. The van der Waals surface area contributed by atoms with Crippen LogP contribution in [0.3, 0.4) is 0 Å². The van der Waals surface area contributed by atoms with Gasteiger partial charge in [-0.3, -0.25) is 4.79 Å². The molecule has 0 bridgehead atoms. The molecule has 2 rings (SSSR count). The molecule has 0 aliphatic rings. The zero-order valence-electron chi connectivity index (χ0n) is 10.8. The fourth-order valence-electron chi connectivity index (χ4n) is 1.64. The van der Waals surface area contributed by atoms with Crippen LogP contribution in [0.15, 0.2) is 47.4 Å². The number of nitrogens with one attached hydrogen (secondary N) is 1. The highest BCUT2D eigenvalue weighted by atomic mass is 32.2. The summed E-state index contributed by atoms with van der Waals surface area (Å²) in [6, 6.07) is 11.4. The van der Waals surface area contributed by atoms with Crippen LogP contribution in [0.5, 0.6) is 0 Å². The molecule has 0 fully saturated rings. The first-order chi connectivity index (χ1) is 10.1. The lowest BCUT2D eigenvalue weighted by Gasteiger charge is -2.10. The van der Waals surface area contributed by atoms with E-state index in [0.717, 1.165) is 0 Å². The fraction of sp³-hybridized carbons (Fsp3) is 0. The van der Waals surface area contributed by atoms with Crippen molar-refractivity contribution in [3.05, 3.63) is 48.0 Å². The highest BCUT2D eigenvalue weighted by Gasteiger charge is 2.11. The van der Waals surface area contributed by atoms with Crippen LogP contribution in [0.2, 0.25) is 0 Å². The molecular weight excluding hydrogens is 294 g/mol. The number of benzene rings is 2. The molecule has 0 spiro atoms. The molecule has 7 nitrogen and oxygen atoms in total. The predicted molar refractivity (Wildman–Crippen MR) is 80.3 cm³/mol. The summed E-state index contributed by atoms with van der Waals surface area (Å²) in [5.41, 5.74) is 13.1. The molecule has 1 amide bonds. The van der Waals surface area contributed by atoms with Crippen molar-refractivity contribution in [2.45, 2.75) is 4.90 Å². The number of rotatable bonds is 5. The number of hydrogen-bond acceptors (Lipinski definition) is 7. The monoisotopic (exact) mass is 307 g/mol. The van der Waals surface area contributed by atoms with Crippen molar-refractivity contribution in [1.82, 2.24) is 0 Å². The Morgan fingerprint density at radius 3 is 2.62 bits per heavy atom. The maximum absolute atomic E-state index is 12.1. The molecule has 110 valence electrons. The largest absolute Gasteiger partial charge is 0.399 e. The summed E-state index contributed by atoms with van der Waals surface area (Å²) >= 11 is 0.710. The van der Waals surface area contributed by atoms with E-state index in [1.54, 1.807) is 42.5 Å². The lowest BCUT2D eigenvalue weighted by molar-refractivity contribution is -0.432. The SMILES string of the molecule is Nc1cccc(C(=O)Nc2ccc(N)cc2SOOO)c1. The zero-order valence-corrected chi connectivity index (χ0v) is 11.6. The van der Waals surface area contributed by atoms with Crippen LogP contribution in [0.4, 0.5) is 17.1 Å². The van der Waals surface area contributed by atoms with Gasteiger partial charge in [-0.1, -0.05) is 11.1 Å². The van der Waals surface area contributed by atoms with Gasteiger partial charge in [0, 0.05) is 16.9 Å². The molecule has 0 atom stereocenters. The van der Waals surface area contributed by atoms with Crippen molar-refractivity contribution >= 4 is 35.0 Å². The molecule has 0 heterocycles. The topological polar surface area (TPSA) is 120 Å². The normalized spacial score (nSPS) is 10.3. The molecule has 0 saturated carbocycles. The van der Waals surface area contributed by atoms with Crippen LogP contribution in [0.1, 0.15) is 10.4 Å². The van der Waals surface area contributed by atoms with E-state index < -0.39 is 0 Å². The maximum Gasteiger partial charge on any atom is 0.255 e. The lowest BCUT2D eigenvalue weighted by Crippen LogP contribution is -2.13. The smallest absolute Gasteiger partial charge is 0.255 e. The third-order valence-corrected chi connectivity index (χ3v) is 3.20. The Labute approximate surface area is 124 Å². The van der Waals surface area contributed by atoms with Crippen molar-refractivity contribution in [2.24, 2.45) is 0 Å². The molecule has 0 radical (unpaired) electrons. The van der Waals surface area contributed by atoms with Crippen molar-refractivity contribution in [3.63, 3.8) is 0 Å². The molecular formula is C13H13N3O4S. The second kappa shape index (κ2) is 6.95. The number of amides is 1. The number of hydrogen-bond donors (Lipinski definition) is 4. The Bertz CT molecular complexity index is 651. The first-order valence-corrected chi connectivity index (χ1v) is 6.55. The van der Waals surface area contributed by atoms with Gasteiger partial charge in [-0.15, -0.1) is 4.33 Å². The molecule has 0 aromatic heterocycles. The van der Waals surface area contributed by atoms with E-state index in [4.69, 9.17) is 16.7 Å². The predicted octanol–water partition coefficient (Wildman–Crippen LogP) is 2.53. The van der Waals surface area contributed by atoms with Gasteiger partial charge in [-0.2, -0.15) is 0 Å². The molecule has 2 aromatic rings. The first-order valence-electron chi connectivity index (χ1n) is 5.81. The van der Waals surface area contributed by atoms with Gasteiger partial charge in [-0.05, 0) is 36.4 Å². The molecule has 0 aliphatic heterocycles. The molecule has 0 unspecified atom stereocenters. The van der Waals surface area contributed by atoms with Gasteiger partial charge >= 0.3 is 0 Å². The maximum atomic E-state index is 12.1. The van der Waals surface area contributed by atoms with E-state index in [9.17, 15) is 4.79 Å². The van der Waals surface area contributed by atoms with E-state index >= 15 is 0 Å². The van der Waals surface area contributed by atoms with E-state index in [2.05, 4.69) is 14.7 Å². The summed E-state index contributed by atoms with van der Waals surface area (Å²) in [6.45, 7) is 0. The van der Waals surface area contributed by atoms with Crippen LogP contribution < -0.4 is 16.8 Å². The van der Waals surface area contributed by atoms with Crippen LogP contribution >= 0.6 is 12.0 Å². The van der Waals surface area contributed by atoms with Gasteiger partial charge in [0.05, 0.1) is 22.6 Å². The molecule has 0 saturated heterocycles. The third-order valence-electron chi connectivity index (χ3n) is 2.56. The minimum atomic E-state index is -0.334. The van der Waals surface area contributed by atoms with Gasteiger partial charge in [0.1, 0.15) is 0 Å². The number of nitrogens with two attached hydrogens (primary N) is 2. The molecule has 0 aliphatic carbocycles. The second-order valence-corrected chi connectivity index (χ2v) is 4.80. The summed E-state index contributed by atoms with van der Waals surface area (Å²) in [6.07, 6.45) is 0. The Balaban J connectivity index is 2.20. The summed E-state index contributed by atoms with van der Waals surface area (Å²) in [7, 11) is 0. The van der Waals surface area contributed by atoms with Crippen molar-refractivity contribution in [2.75, 3.05) is 16.8 Å². The summed E-state index contributed by atoms with van der Waals surface area (Å²) in [5.74, 6) is -0.334. The van der Waals surface area contributed by atoms with Gasteiger partial charge in [0.15, 0.2) is 0 Å². The Morgan fingerprint density at radius 2 is 1.90 bits per heavy atom. The highest BCUT2D eigenvalue weighted by molar-refractivity contribution is 7.94. The minimum Gasteiger partial charge on any atom is -0.399 e. The molecule has 21 heavy (non-hydrogen) atoms. The third kappa shape index (κ3) is 4.10. The summed E-state index contributed by atoms with van der Waals surface area (Å²) in [4.78, 5) is 12.6. The van der Waals surface area contributed by atoms with E-state index in [1.807, 2.05) is 0 Å². The average Bonchev–Trinajstić information content (AvgIpc) is 2.47. The van der Waals surface area contributed by atoms with Crippen LogP contribution in [0.25, 0.3) is 0 Å². The Kier molecular flexibility index (Phi) is 5.01. The zero-order chi connectivity index (χ0) is 15.2. The molecule has 2 aromatic carbocycles. The summed E-state index contributed by atoms with van der Waals surface area (Å²) < 4.78 is 4.37. The Hall–Kier alpha value is -2.26. The molecule has 8 heteroatoms. The van der Waals surface area contributed by atoms with Crippen LogP contribution in [-0.2, 0) is 9.37 Å². The van der Waals surface area contributed by atoms with Gasteiger partial charge in [0.25, 0.3) is 5.91 Å². The van der Waals surface area contributed by atoms with Crippen molar-refractivity contribution < 1.29 is 19.4 Å². The fourth-order valence-corrected chi connectivity index (χ4v) is 2.13. The highest BCUT2D eigenvalue weighted by Crippen LogP contribution is 2.30. The van der Waals surface area contributed by atoms with Crippen LogP contribution in [0, 0.1) is 0 Å². The van der Waals surface area contributed by atoms with Crippen LogP contribution in [-0.4, -0.2) is 11.2 Å². The Morgan fingerprint density at radius 1 is 1.14 bits per heavy atom. The van der Waals surface area contributed by atoms with E-state index in [0.29, 0.717) is 39.6 Å². The van der Waals surface area contributed by atoms with E-state index in [-0.39, 0.29) is 5.91 Å². The lowest BCUT2D eigenvalue weighted by atomic mass is 10.2. The van der Waals surface area contributed by atoms with Gasteiger partial charge < -0.3 is 16.8 Å². The second-order valence-electron chi connectivity index (χ2n) is 4.06. The number of carbonyl (C=O) groups is 1. The van der Waals surface area contributed by atoms with Gasteiger partial charge in [0.2, 0.25) is 0 Å². The standard InChI is InChI=1S/C13H13N3O4S/c14-9-3-1-2-8(6-9)13(17)16-11-5-4-10(15)7-12(11)21-20-19-18/h1-7,18H,14-15H2,(H,16,17). The first kappa shape index (κ1) is 15.1. The average molecular weight is 307 g/mol. The number of anilines is 3. The quantitative estimate of drug-likeness (QED) is 0.290. The van der Waals surface area contributed by atoms with Crippen molar-refractivity contribution in [1.29, 1.82) is 0 Å². The van der Waals surface area contributed by atoms with Crippen molar-refractivity contribution in [3.8, 4) is 0 Å². The van der Waals surface area contributed by atoms with Gasteiger partial charge in [-0.25, -0.2) is 5.26 Å². The number of nitrogen functional groups attached to an aromatic ring is 2. The number of carbonyl (C=O) groups excluding carboxylic acids is 1.